The first-order chi connectivity index (χ1) is 11.1. The van der Waals surface area contributed by atoms with Crippen LogP contribution < -0.4 is 4.74 Å². The molecule has 0 bridgehead atoms. The molecule has 0 aromatic heterocycles. The number of benzene rings is 1. The van der Waals surface area contributed by atoms with Gasteiger partial charge in [-0.2, -0.15) is 0 Å². The molecular formula is C19H29NO3. The number of amides is 1. The van der Waals surface area contributed by atoms with Crippen molar-refractivity contribution >= 4 is 5.91 Å². The zero-order valence-electron chi connectivity index (χ0n) is 14.3. The molecule has 0 aliphatic heterocycles. The van der Waals surface area contributed by atoms with Gasteiger partial charge in [0.25, 0.3) is 0 Å². The third-order valence-electron chi connectivity index (χ3n) is 4.59. The molecule has 0 saturated heterocycles. The molecule has 1 N–H and O–H groups in total. The third kappa shape index (κ3) is 5.54. The molecule has 0 heterocycles. The number of carbonyl (C=O) groups excluding carboxylic acids is 1. The summed E-state index contributed by atoms with van der Waals surface area (Å²) < 4.78 is 5.76. The number of aryl methyl sites for hydroxylation is 1. The van der Waals surface area contributed by atoms with Crippen LogP contribution in [-0.2, 0) is 11.2 Å². The molecule has 1 amide bonds. The van der Waals surface area contributed by atoms with E-state index >= 15 is 0 Å². The summed E-state index contributed by atoms with van der Waals surface area (Å²) in [5, 5.41) is 9.70. The predicted molar refractivity (Wildman–Crippen MR) is 91.5 cm³/mol. The highest BCUT2D eigenvalue weighted by Crippen LogP contribution is 2.25. The minimum absolute atomic E-state index is 0.00842. The Labute approximate surface area is 139 Å². The van der Waals surface area contributed by atoms with Crippen LogP contribution in [0.2, 0.25) is 0 Å². The largest absolute Gasteiger partial charge is 0.494 e. The summed E-state index contributed by atoms with van der Waals surface area (Å²) in [6.45, 7) is 3.43. The molecule has 2 rings (SSSR count). The summed E-state index contributed by atoms with van der Waals surface area (Å²) >= 11 is 0. The second kappa shape index (κ2) is 8.92. The maximum Gasteiger partial charge on any atom is 0.225 e. The minimum Gasteiger partial charge on any atom is -0.494 e. The predicted octanol–water partition coefficient (Wildman–Crippen LogP) is 3.03. The van der Waals surface area contributed by atoms with Crippen molar-refractivity contribution in [2.75, 3.05) is 20.2 Å². The molecule has 4 nitrogen and oxygen atoms in total. The number of hydrogen-bond acceptors (Lipinski definition) is 3. The number of aliphatic hydroxyl groups excluding tert-OH is 1. The molecule has 1 aliphatic carbocycles. The number of aliphatic hydroxyl groups is 1. The van der Waals surface area contributed by atoms with E-state index in [1.165, 1.54) is 5.56 Å². The standard InChI is InChI=1S/C19H29NO3/c1-3-15-7-4-10-18(13-15)23-12-6-11-20(2)19(22)16-8-5-9-17(21)14-16/h4,7,10,13,16-17,21H,3,5-6,8-9,11-12,14H2,1-2H3/t16-,17+/m0/s1. The summed E-state index contributed by atoms with van der Waals surface area (Å²) in [4.78, 5) is 14.2. The van der Waals surface area contributed by atoms with Crippen molar-refractivity contribution in [3.63, 3.8) is 0 Å². The number of hydrogen-bond donors (Lipinski definition) is 1. The number of rotatable bonds is 7. The Morgan fingerprint density at radius 2 is 2.22 bits per heavy atom. The first-order valence-corrected chi connectivity index (χ1v) is 8.75. The Morgan fingerprint density at radius 1 is 1.39 bits per heavy atom. The number of ether oxygens (including phenoxy) is 1. The number of carbonyl (C=O) groups is 1. The molecule has 1 aliphatic rings. The first-order valence-electron chi connectivity index (χ1n) is 8.75. The Hall–Kier alpha value is -1.55. The van der Waals surface area contributed by atoms with Gasteiger partial charge in [-0.1, -0.05) is 25.5 Å². The lowest BCUT2D eigenvalue weighted by molar-refractivity contribution is -0.136. The monoisotopic (exact) mass is 319 g/mol. The fraction of sp³-hybridized carbons (Fsp3) is 0.632. The lowest BCUT2D eigenvalue weighted by Crippen LogP contribution is -2.37. The van der Waals surface area contributed by atoms with E-state index in [9.17, 15) is 9.90 Å². The Morgan fingerprint density at radius 3 is 2.96 bits per heavy atom. The Balaban J connectivity index is 1.69. The molecule has 1 aromatic rings. The van der Waals surface area contributed by atoms with E-state index < -0.39 is 0 Å². The topological polar surface area (TPSA) is 49.8 Å². The van der Waals surface area contributed by atoms with Gasteiger partial charge in [0, 0.05) is 19.5 Å². The summed E-state index contributed by atoms with van der Waals surface area (Å²) in [5.41, 5.74) is 1.27. The molecule has 128 valence electrons. The van der Waals surface area contributed by atoms with E-state index in [4.69, 9.17) is 4.74 Å². The van der Waals surface area contributed by atoms with Crippen LogP contribution >= 0.6 is 0 Å². The zero-order valence-corrected chi connectivity index (χ0v) is 14.3. The molecule has 23 heavy (non-hydrogen) atoms. The highest BCUT2D eigenvalue weighted by atomic mass is 16.5. The van der Waals surface area contributed by atoms with Gasteiger partial charge in [0.1, 0.15) is 5.75 Å². The molecule has 1 fully saturated rings. The molecular weight excluding hydrogens is 290 g/mol. The van der Waals surface area contributed by atoms with Gasteiger partial charge in [-0.25, -0.2) is 0 Å². The normalized spacial score (nSPS) is 21.0. The highest BCUT2D eigenvalue weighted by molar-refractivity contribution is 5.78. The third-order valence-corrected chi connectivity index (χ3v) is 4.59. The average molecular weight is 319 g/mol. The highest BCUT2D eigenvalue weighted by Gasteiger charge is 2.27. The van der Waals surface area contributed by atoms with Gasteiger partial charge < -0.3 is 14.7 Å². The summed E-state index contributed by atoms with van der Waals surface area (Å²) in [6.07, 6.45) is 4.81. The van der Waals surface area contributed by atoms with Crippen LogP contribution in [0.25, 0.3) is 0 Å². The first kappa shape index (κ1) is 17.8. The quantitative estimate of drug-likeness (QED) is 0.786. The lowest BCUT2D eigenvalue weighted by atomic mass is 9.86. The van der Waals surface area contributed by atoms with Crippen LogP contribution in [0, 0.1) is 5.92 Å². The van der Waals surface area contributed by atoms with E-state index in [1.807, 2.05) is 19.2 Å². The van der Waals surface area contributed by atoms with Crippen molar-refractivity contribution in [2.45, 2.75) is 51.6 Å². The summed E-state index contributed by atoms with van der Waals surface area (Å²) in [7, 11) is 1.85. The second-order valence-corrected chi connectivity index (χ2v) is 6.48. The Kier molecular flexibility index (Phi) is 6.90. The van der Waals surface area contributed by atoms with Crippen LogP contribution in [0.4, 0.5) is 0 Å². The van der Waals surface area contributed by atoms with Crippen LogP contribution in [0.1, 0.15) is 44.6 Å². The van der Waals surface area contributed by atoms with Gasteiger partial charge in [0.05, 0.1) is 12.7 Å². The summed E-state index contributed by atoms with van der Waals surface area (Å²) in [5.74, 6) is 1.05. The average Bonchev–Trinajstić information content (AvgIpc) is 2.58. The van der Waals surface area contributed by atoms with E-state index in [1.54, 1.807) is 4.90 Å². The smallest absolute Gasteiger partial charge is 0.225 e. The van der Waals surface area contributed by atoms with Gasteiger partial charge >= 0.3 is 0 Å². The van der Waals surface area contributed by atoms with Crippen molar-refractivity contribution in [2.24, 2.45) is 5.92 Å². The van der Waals surface area contributed by atoms with E-state index in [0.717, 1.165) is 37.9 Å². The molecule has 1 aromatic carbocycles. The fourth-order valence-corrected chi connectivity index (χ4v) is 3.16. The second-order valence-electron chi connectivity index (χ2n) is 6.48. The van der Waals surface area contributed by atoms with Gasteiger partial charge in [-0.3, -0.25) is 4.79 Å². The number of nitrogens with zero attached hydrogens (tertiary/aromatic N) is 1. The van der Waals surface area contributed by atoms with Crippen LogP contribution in [0.15, 0.2) is 24.3 Å². The molecule has 0 spiro atoms. The van der Waals surface area contributed by atoms with Crippen molar-refractivity contribution in [3.8, 4) is 5.75 Å². The van der Waals surface area contributed by atoms with Gasteiger partial charge in [-0.05, 0) is 49.8 Å². The van der Waals surface area contributed by atoms with E-state index in [0.29, 0.717) is 19.6 Å². The van der Waals surface area contributed by atoms with Crippen LogP contribution in [0.5, 0.6) is 5.75 Å². The fourth-order valence-electron chi connectivity index (χ4n) is 3.16. The van der Waals surface area contributed by atoms with E-state index in [-0.39, 0.29) is 17.9 Å². The minimum atomic E-state index is -0.305. The molecule has 0 radical (unpaired) electrons. The maximum absolute atomic E-state index is 12.4. The molecule has 0 unspecified atom stereocenters. The molecule has 1 saturated carbocycles. The van der Waals surface area contributed by atoms with Crippen molar-refractivity contribution in [1.29, 1.82) is 0 Å². The maximum atomic E-state index is 12.4. The van der Waals surface area contributed by atoms with Gasteiger partial charge in [-0.15, -0.1) is 0 Å². The van der Waals surface area contributed by atoms with Gasteiger partial charge in [0.15, 0.2) is 0 Å². The van der Waals surface area contributed by atoms with E-state index in [2.05, 4.69) is 19.1 Å². The van der Waals surface area contributed by atoms with Crippen molar-refractivity contribution in [3.05, 3.63) is 29.8 Å². The summed E-state index contributed by atoms with van der Waals surface area (Å²) in [6, 6.07) is 8.14. The van der Waals surface area contributed by atoms with Crippen molar-refractivity contribution < 1.29 is 14.6 Å². The van der Waals surface area contributed by atoms with Crippen molar-refractivity contribution in [1.82, 2.24) is 4.90 Å². The Bertz CT molecular complexity index is 503. The van der Waals surface area contributed by atoms with Crippen LogP contribution in [0.3, 0.4) is 0 Å². The molecule has 4 heteroatoms. The molecule has 2 atom stereocenters. The zero-order chi connectivity index (χ0) is 16.7. The van der Waals surface area contributed by atoms with Crippen LogP contribution in [-0.4, -0.2) is 42.2 Å². The van der Waals surface area contributed by atoms with Gasteiger partial charge in [0.2, 0.25) is 5.91 Å². The SMILES string of the molecule is CCc1cccc(OCCCN(C)C(=O)[C@H]2CCC[C@@H](O)C2)c1. The lowest BCUT2D eigenvalue weighted by Gasteiger charge is -2.28.